The Morgan fingerprint density at radius 2 is 2.06 bits per heavy atom. The van der Waals surface area contributed by atoms with E-state index in [1.165, 1.54) is 44.1 Å². The monoisotopic (exact) mass is 466 g/mol. The Bertz CT molecular complexity index is 930. The SMILES string of the molecule is O=C(CCc1ccc(O)c(OCN2C=C3N=CC=C3C2)c1)C[C@H](O)CCCCC1CCCCC1. The van der Waals surface area contributed by atoms with Gasteiger partial charge in [0.1, 0.15) is 5.78 Å². The lowest BCUT2D eigenvalue weighted by atomic mass is 9.85. The van der Waals surface area contributed by atoms with E-state index in [1.54, 1.807) is 18.3 Å². The topological polar surface area (TPSA) is 82.4 Å². The number of phenolic OH excluding ortho intramolecular Hbond substituents is 1. The molecule has 0 unspecified atom stereocenters. The maximum absolute atomic E-state index is 12.4. The normalized spacial score (nSPS) is 18.6. The number of aliphatic hydroxyl groups is 1. The van der Waals surface area contributed by atoms with Gasteiger partial charge in [0, 0.05) is 37.4 Å². The zero-order valence-electron chi connectivity index (χ0n) is 20.1. The molecule has 1 aromatic carbocycles. The number of aliphatic hydroxyl groups excluding tert-OH is 1. The number of phenols is 1. The lowest BCUT2D eigenvalue weighted by Crippen LogP contribution is -2.21. The zero-order valence-corrected chi connectivity index (χ0v) is 20.1. The van der Waals surface area contributed by atoms with E-state index < -0.39 is 6.10 Å². The van der Waals surface area contributed by atoms with Crippen LogP contribution in [-0.4, -0.2) is 46.5 Å². The second-order valence-electron chi connectivity index (χ2n) is 9.99. The smallest absolute Gasteiger partial charge is 0.163 e. The number of hydrogen-bond donors (Lipinski definition) is 2. The molecule has 0 radical (unpaired) electrons. The highest BCUT2D eigenvalue weighted by Gasteiger charge is 2.20. The summed E-state index contributed by atoms with van der Waals surface area (Å²) >= 11 is 0. The van der Waals surface area contributed by atoms with Gasteiger partial charge in [-0.2, -0.15) is 0 Å². The highest BCUT2D eigenvalue weighted by molar-refractivity contribution is 5.80. The summed E-state index contributed by atoms with van der Waals surface area (Å²) < 4.78 is 5.82. The van der Waals surface area contributed by atoms with E-state index in [-0.39, 0.29) is 18.0 Å². The number of unbranched alkanes of at least 4 members (excludes halogenated alkanes) is 1. The lowest BCUT2D eigenvalue weighted by Gasteiger charge is -2.21. The van der Waals surface area contributed by atoms with E-state index >= 15 is 0 Å². The molecule has 2 heterocycles. The number of hydrogen-bond acceptors (Lipinski definition) is 6. The molecule has 6 heteroatoms. The van der Waals surface area contributed by atoms with Crippen LogP contribution in [0.5, 0.6) is 11.5 Å². The molecule has 34 heavy (non-hydrogen) atoms. The summed E-state index contributed by atoms with van der Waals surface area (Å²) in [5.74, 6) is 1.46. The van der Waals surface area contributed by atoms with Crippen molar-refractivity contribution < 1.29 is 19.7 Å². The van der Waals surface area contributed by atoms with Crippen molar-refractivity contribution in [1.29, 1.82) is 0 Å². The number of aromatic hydroxyl groups is 1. The van der Waals surface area contributed by atoms with Gasteiger partial charge in [0.15, 0.2) is 18.2 Å². The summed E-state index contributed by atoms with van der Waals surface area (Å²) in [4.78, 5) is 18.7. The summed E-state index contributed by atoms with van der Waals surface area (Å²) in [6, 6.07) is 5.23. The third-order valence-electron chi connectivity index (χ3n) is 7.19. The molecule has 3 aliphatic rings. The molecule has 0 aromatic heterocycles. The van der Waals surface area contributed by atoms with Gasteiger partial charge < -0.3 is 19.8 Å². The van der Waals surface area contributed by atoms with Crippen LogP contribution in [0.4, 0.5) is 0 Å². The van der Waals surface area contributed by atoms with E-state index in [0.717, 1.165) is 36.6 Å². The van der Waals surface area contributed by atoms with Gasteiger partial charge in [0.2, 0.25) is 0 Å². The maximum atomic E-state index is 12.4. The molecule has 184 valence electrons. The van der Waals surface area contributed by atoms with Crippen molar-refractivity contribution >= 4 is 12.0 Å². The van der Waals surface area contributed by atoms with Gasteiger partial charge in [0.05, 0.1) is 11.8 Å². The Kier molecular flexibility index (Phi) is 8.80. The number of allylic oxidation sites excluding steroid dienone is 1. The van der Waals surface area contributed by atoms with Crippen molar-refractivity contribution in [3.8, 4) is 11.5 Å². The average Bonchev–Trinajstić information content (AvgIpc) is 3.43. The van der Waals surface area contributed by atoms with Gasteiger partial charge in [0.25, 0.3) is 0 Å². The molecule has 0 bridgehead atoms. The second kappa shape index (κ2) is 12.2. The summed E-state index contributed by atoms with van der Waals surface area (Å²) in [5.41, 5.74) is 3.07. The molecule has 6 nitrogen and oxygen atoms in total. The Morgan fingerprint density at radius 1 is 1.21 bits per heavy atom. The van der Waals surface area contributed by atoms with Crippen LogP contribution in [0.3, 0.4) is 0 Å². The van der Waals surface area contributed by atoms with Crippen LogP contribution in [0, 0.1) is 5.92 Å². The van der Waals surface area contributed by atoms with Crippen LogP contribution >= 0.6 is 0 Å². The molecule has 2 aliphatic heterocycles. The van der Waals surface area contributed by atoms with Gasteiger partial charge in [-0.1, -0.05) is 57.4 Å². The molecule has 0 spiro atoms. The predicted octanol–water partition coefficient (Wildman–Crippen LogP) is 5.29. The maximum Gasteiger partial charge on any atom is 0.163 e. The average molecular weight is 467 g/mol. The van der Waals surface area contributed by atoms with Crippen molar-refractivity contribution in [1.82, 2.24) is 4.90 Å². The van der Waals surface area contributed by atoms with Gasteiger partial charge in [-0.05, 0) is 42.5 Å². The molecule has 4 rings (SSSR count). The molecule has 1 atom stereocenters. The Labute approximate surface area is 203 Å². The molecule has 1 aromatic rings. The largest absolute Gasteiger partial charge is 0.504 e. The number of ketones is 1. The Morgan fingerprint density at radius 3 is 2.88 bits per heavy atom. The first-order chi connectivity index (χ1) is 16.6. The lowest BCUT2D eigenvalue weighted by molar-refractivity contribution is -0.121. The number of benzene rings is 1. The number of carbonyl (C=O) groups is 1. The zero-order chi connectivity index (χ0) is 23.8. The number of carbonyl (C=O) groups excluding carboxylic acids is 1. The molecule has 0 amide bonds. The summed E-state index contributed by atoms with van der Waals surface area (Å²) in [7, 11) is 0. The van der Waals surface area contributed by atoms with E-state index in [0.29, 0.717) is 31.7 Å². The number of fused-ring (bicyclic) bond motifs is 1. The van der Waals surface area contributed by atoms with Crippen molar-refractivity contribution in [3.05, 3.63) is 47.3 Å². The van der Waals surface area contributed by atoms with Gasteiger partial charge in [-0.15, -0.1) is 0 Å². The van der Waals surface area contributed by atoms with Gasteiger partial charge >= 0.3 is 0 Å². The van der Waals surface area contributed by atoms with E-state index in [1.807, 2.05) is 23.2 Å². The molecule has 1 aliphatic carbocycles. The minimum absolute atomic E-state index is 0.0828. The fraction of sp³-hybridized carbons (Fsp3) is 0.571. The third-order valence-corrected chi connectivity index (χ3v) is 7.19. The number of nitrogens with zero attached hydrogens (tertiary/aromatic N) is 2. The number of ether oxygens (including phenoxy) is 1. The number of Topliss-reactive ketones (excluding diaryl/α,β-unsaturated/α-hetero) is 1. The van der Waals surface area contributed by atoms with Crippen LogP contribution < -0.4 is 4.74 Å². The second-order valence-corrected chi connectivity index (χ2v) is 9.99. The number of aryl methyl sites for hydroxylation is 1. The van der Waals surface area contributed by atoms with E-state index in [4.69, 9.17) is 4.74 Å². The van der Waals surface area contributed by atoms with Crippen LogP contribution in [-0.2, 0) is 11.2 Å². The molecule has 0 saturated heterocycles. The molecular weight excluding hydrogens is 428 g/mol. The van der Waals surface area contributed by atoms with Crippen molar-refractivity contribution in [3.63, 3.8) is 0 Å². The molecule has 2 N–H and O–H groups in total. The van der Waals surface area contributed by atoms with Crippen molar-refractivity contribution in [2.45, 2.75) is 83.2 Å². The fourth-order valence-corrected chi connectivity index (χ4v) is 5.17. The van der Waals surface area contributed by atoms with Crippen LogP contribution in [0.25, 0.3) is 0 Å². The van der Waals surface area contributed by atoms with Crippen molar-refractivity contribution in [2.75, 3.05) is 13.3 Å². The van der Waals surface area contributed by atoms with Crippen LogP contribution in [0.2, 0.25) is 0 Å². The first kappa shape index (κ1) is 24.5. The molecule has 1 fully saturated rings. The summed E-state index contributed by atoms with van der Waals surface area (Å²) in [5, 5.41) is 20.4. The van der Waals surface area contributed by atoms with Crippen LogP contribution in [0.1, 0.15) is 76.2 Å². The standard InChI is InChI=1S/C28H38N2O4/c31-24(9-5-4-8-21-6-2-1-3-7-21)17-25(32)12-10-22-11-13-27(33)28(16-22)34-20-30-18-23-14-15-29-26(23)19-30/h11,13-16,19,21,24,31,33H,1-10,12,17-18,20H2/t24-/m1/s1. The molecule has 1 saturated carbocycles. The highest BCUT2D eigenvalue weighted by atomic mass is 16.5. The van der Waals surface area contributed by atoms with Crippen LogP contribution in [0.15, 0.2) is 46.7 Å². The van der Waals surface area contributed by atoms with E-state index in [9.17, 15) is 15.0 Å². The highest BCUT2D eigenvalue weighted by Crippen LogP contribution is 2.30. The van der Waals surface area contributed by atoms with Gasteiger partial charge in [-0.25, -0.2) is 0 Å². The Hall–Kier alpha value is -2.60. The van der Waals surface area contributed by atoms with Gasteiger partial charge in [-0.3, -0.25) is 9.79 Å². The van der Waals surface area contributed by atoms with E-state index in [2.05, 4.69) is 4.99 Å². The number of aliphatic imine (C=N–C) groups is 1. The third kappa shape index (κ3) is 7.20. The minimum atomic E-state index is -0.536. The first-order valence-corrected chi connectivity index (χ1v) is 12.9. The summed E-state index contributed by atoms with van der Waals surface area (Å²) in [6.07, 6.45) is 17.4. The summed E-state index contributed by atoms with van der Waals surface area (Å²) in [6.45, 7) is 1.06. The molecular formula is C28H38N2O4. The van der Waals surface area contributed by atoms with Crippen molar-refractivity contribution in [2.24, 2.45) is 10.9 Å². The predicted molar refractivity (Wildman–Crippen MR) is 134 cm³/mol. The quantitative estimate of drug-likeness (QED) is 0.386. The first-order valence-electron chi connectivity index (χ1n) is 12.9. The Balaban J connectivity index is 1.14. The number of rotatable bonds is 13. The minimum Gasteiger partial charge on any atom is -0.504 e. The fourth-order valence-electron chi connectivity index (χ4n) is 5.17.